The maximum atomic E-state index is 13.1. The number of primary amides is 1. The van der Waals surface area contributed by atoms with Crippen molar-refractivity contribution in [2.45, 2.75) is 19.2 Å². The quantitative estimate of drug-likeness (QED) is 0.897. The second-order valence-corrected chi connectivity index (χ2v) is 5.68. The van der Waals surface area contributed by atoms with Crippen LogP contribution in [-0.2, 0) is 11.0 Å². The van der Waals surface area contributed by atoms with Gasteiger partial charge in [0, 0.05) is 19.7 Å². The third kappa shape index (κ3) is 4.62. The molecule has 2 N–H and O–H groups in total. The number of hydrogen-bond acceptors (Lipinski definition) is 4. The number of halogens is 3. The second kappa shape index (κ2) is 7.00. The molecule has 0 aliphatic heterocycles. The topological polar surface area (TPSA) is 68.4 Å². The number of alkyl halides is 3. The molecule has 1 atom stereocenters. The van der Waals surface area contributed by atoms with Crippen molar-refractivity contribution in [1.29, 1.82) is 0 Å². The number of carbonyl (C=O) groups is 1. The predicted molar refractivity (Wildman–Crippen MR) is 88.3 cm³/mol. The monoisotopic (exact) mass is 353 g/mol. The molecule has 0 saturated heterocycles. The van der Waals surface area contributed by atoms with Crippen LogP contribution in [0.15, 0.2) is 36.4 Å². The highest BCUT2D eigenvalue weighted by Crippen LogP contribution is 2.34. The number of carbonyl (C=O) groups excluding carboxylic acids is 1. The fourth-order valence-electron chi connectivity index (χ4n) is 2.02. The van der Waals surface area contributed by atoms with Crippen LogP contribution < -0.4 is 15.4 Å². The Morgan fingerprint density at radius 2 is 1.80 bits per heavy atom. The number of pyridine rings is 1. The van der Waals surface area contributed by atoms with E-state index in [0.29, 0.717) is 11.3 Å². The van der Waals surface area contributed by atoms with Gasteiger partial charge in [0.1, 0.15) is 11.6 Å². The van der Waals surface area contributed by atoms with E-state index in [-0.39, 0.29) is 11.5 Å². The molecule has 0 bridgehead atoms. The van der Waals surface area contributed by atoms with Crippen LogP contribution in [0.2, 0.25) is 0 Å². The molecular formula is C17H18F3N3O2. The van der Waals surface area contributed by atoms with E-state index in [0.717, 1.165) is 12.1 Å². The van der Waals surface area contributed by atoms with Gasteiger partial charge in [-0.3, -0.25) is 4.79 Å². The summed E-state index contributed by atoms with van der Waals surface area (Å²) in [5.74, 6) is -0.0263. The van der Waals surface area contributed by atoms with Crippen molar-refractivity contribution >= 4 is 11.7 Å². The summed E-state index contributed by atoms with van der Waals surface area (Å²) >= 11 is 0. The highest BCUT2D eigenvalue weighted by atomic mass is 19.4. The molecule has 1 aromatic carbocycles. The first-order chi connectivity index (χ1) is 11.6. The molecule has 0 saturated carbocycles. The first kappa shape index (κ1) is 18.6. The Kier molecular flexibility index (Phi) is 5.20. The van der Waals surface area contributed by atoms with Gasteiger partial charge in [0.2, 0.25) is 0 Å². The maximum Gasteiger partial charge on any atom is 0.416 e. The van der Waals surface area contributed by atoms with Gasteiger partial charge in [-0.15, -0.1) is 0 Å². The van der Waals surface area contributed by atoms with E-state index >= 15 is 0 Å². The van der Waals surface area contributed by atoms with Crippen molar-refractivity contribution in [2.75, 3.05) is 19.0 Å². The Bertz CT molecular complexity index is 759. The average molecular weight is 353 g/mol. The molecule has 1 aromatic heterocycles. The summed E-state index contributed by atoms with van der Waals surface area (Å²) in [5, 5.41) is 0. The fourth-order valence-corrected chi connectivity index (χ4v) is 2.02. The summed E-state index contributed by atoms with van der Waals surface area (Å²) in [6.07, 6.45) is -5.28. The van der Waals surface area contributed by atoms with E-state index in [2.05, 4.69) is 4.98 Å². The van der Waals surface area contributed by atoms with Gasteiger partial charge in [-0.2, -0.15) is 13.2 Å². The lowest BCUT2D eigenvalue weighted by Crippen LogP contribution is -2.30. The van der Waals surface area contributed by atoms with Crippen LogP contribution in [0, 0.1) is 0 Å². The van der Waals surface area contributed by atoms with Crippen LogP contribution >= 0.6 is 0 Å². The minimum atomic E-state index is -4.47. The van der Waals surface area contributed by atoms with E-state index in [9.17, 15) is 18.0 Å². The lowest BCUT2D eigenvalue weighted by atomic mass is 10.1. The van der Waals surface area contributed by atoms with E-state index in [1.54, 1.807) is 38.4 Å². The largest absolute Gasteiger partial charge is 0.481 e. The molecule has 0 aliphatic carbocycles. The van der Waals surface area contributed by atoms with Crippen LogP contribution in [0.1, 0.15) is 12.5 Å². The van der Waals surface area contributed by atoms with Crippen LogP contribution in [0.4, 0.5) is 19.0 Å². The molecule has 0 spiro atoms. The van der Waals surface area contributed by atoms with Gasteiger partial charge in [0.05, 0.1) is 11.3 Å². The van der Waals surface area contributed by atoms with Crippen molar-refractivity contribution in [2.24, 2.45) is 5.73 Å². The molecule has 8 heteroatoms. The van der Waals surface area contributed by atoms with E-state index in [4.69, 9.17) is 10.5 Å². The number of amides is 1. The molecule has 0 aliphatic rings. The zero-order valence-corrected chi connectivity index (χ0v) is 14.0. The molecule has 5 nitrogen and oxygen atoms in total. The van der Waals surface area contributed by atoms with E-state index in [1.807, 2.05) is 0 Å². The standard InChI is InChI=1S/C17H18F3N3O2/c1-10(16(21)24)25-13-6-4-11(5-7-13)14-8-12(17(18,19)20)9-15(22-14)23(2)3/h4-10H,1-3H3,(H2,21,24)/t10-/m1/s1. The number of ether oxygens (including phenoxy) is 1. The van der Waals surface area contributed by atoms with Gasteiger partial charge in [-0.05, 0) is 43.3 Å². The van der Waals surface area contributed by atoms with Crippen molar-refractivity contribution < 1.29 is 22.7 Å². The van der Waals surface area contributed by atoms with Crippen LogP contribution in [0.25, 0.3) is 11.3 Å². The fraction of sp³-hybridized carbons (Fsp3) is 0.294. The maximum absolute atomic E-state index is 13.1. The number of aromatic nitrogens is 1. The summed E-state index contributed by atoms with van der Waals surface area (Å²) in [6, 6.07) is 8.23. The third-order valence-electron chi connectivity index (χ3n) is 3.46. The van der Waals surface area contributed by atoms with Crippen molar-refractivity contribution in [3.63, 3.8) is 0 Å². The minimum Gasteiger partial charge on any atom is -0.481 e. The first-order valence-corrected chi connectivity index (χ1v) is 7.41. The lowest BCUT2D eigenvalue weighted by Gasteiger charge is -2.16. The zero-order chi connectivity index (χ0) is 18.8. The highest BCUT2D eigenvalue weighted by Gasteiger charge is 2.32. The van der Waals surface area contributed by atoms with Gasteiger partial charge < -0.3 is 15.4 Å². The summed E-state index contributed by atoms with van der Waals surface area (Å²) in [5.41, 5.74) is 5.03. The number of anilines is 1. The number of nitrogens with zero attached hydrogens (tertiary/aromatic N) is 2. The second-order valence-electron chi connectivity index (χ2n) is 5.68. The minimum absolute atomic E-state index is 0.188. The molecule has 1 heterocycles. The molecule has 1 amide bonds. The Labute approximate surface area is 143 Å². The van der Waals surface area contributed by atoms with Gasteiger partial charge in [-0.25, -0.2) is 4.98 Å². The molecule has 2 rings (SSSR count). The van der Waals surface area contributed by atoms with Crippen LogP contribution in [0.3, 0.4) is 0 Å². The van der Waals surface area contributed by atoms with E-state index < -0.39 is 23.8 Å². The Balaban J connectivity index is 2.37. The lowest BCUT2D eigenvalue weighted by molar-refractivity contribution is -0.137. The number of rotatable bonds is 5. The third-order valence-corrected chi connectivity index (χ3v) is 3.46. The zero-order valence-electron chi connectivity index (χ0n) is 14.0. The predicted octanol–water partition coefficient (Wildman–Crippen LogP) is 3.09. The summed E-state index contributed by atoms with van der Waals surface area (Å²) in [6.45, 7) is 1.51. The smallest absolute Gasteiger partial charge is 0.416 e. The van der Waals surface area contributed by atoms with Gasteiger partial charge in [-0.1, -0.05) is 0 Å². The molecule has 25 heavy (non-hydrogen) atoms. The van der Waals surface area contributed by atoms with Gasteiger partial charge in [0.15, 0.2) is 6.10 Å². The first-order valence-electron chi connectivity index (χ1n) is 7.41. The van der Waals surface area contributed by atoms with Crippen molar-refractivity contribution in [3.05, 3.63) is 42.0 Å². The number of hydrogen-bond donors (Lipinski definition) is 1. The summed E-state index contributed by atoms with van der Waals surface area (Å²) in [4.78, 5) is 16.8. The Hall–Kier alpha value is -2.77. The van der Waals surface area contributed by atoms with E-state index in [1.165, 1.54) is 11.8 Å². The molecule has 134 valence electrons. The average Bonchev–Trinajstić information content (AvgIpc) is 2.54. The highest BCUT2D eigenvalue weighted by molar-refractivity contribution is 5.78. The van der Waals surface area contributed by atoms with Crippen LogP contribution in [0.5, 0.6) is 5.75 Å². The molecule has 0 fully saturated rings. The molecule has 0 unspecified atom stereocenters. The number of benzene rings is 1. The molecular weight excluding hydrogens is 335 g/mol. The van der Waals surface area contributed by atoms with Crippen molar-refractivity contribution in [1.82, 2.24) is 4.98 Å². The SMILES string of the molecule is C[C@@H](Oc1ccc(-c2cc(C(F)(F)F)cc(N(C)C)n2)cc1)C(N)=O. The van der Waals surface area contributed by atoms with Crippen molar-refractivity contribution in [3.8, 4) is 17.0 Å². The Morgan fingerprint density at radius 3 is 2.28 bits per heavy atom. The summed E-state index contributed by atoms with van der Waals surface area (Å²) < 4.78 is 44.6. The van der Waals surface area contributed by atoms with Gasteiger partial charge >= 0.3 is 6.18 Å². The normalized spacial score (nSPS) is 12.6. The summed E-state index contributed by atoms with van der Waals surface area (Å²) in [7, 11) is 3.24. The molecule has 0 radical (unpaired) electrons. The Morgan fingerprint density at radius 1 is 1.20 bits per heavy atom. The number of nitrogens with two attached hydrogens (primary N) is 1. The van der Waals surface area contributed by atoms with Crippen LogP contribution in [-0.4, -0.2) is 31.1 Å². The molecule has 2 aromatic rings. The van der Waals surface area contributed by atoms with Gasteiger partial charge in [0.25, 0.3) is 5.91 Å².